The number of ether oxygens (including phenoxy) is 3. The van der Waals surface area contributed by atoms with Crippen molar-refractivity contribution in [2.45, 2.75) is 57.5 Å². The average molecular weight is 1050 g/mol. The lowest BCUT2D eigenvalue weighted by molar-refractivity contribution is -0.141. The first kappa shape index (κ1) is 51.1. The summed E-state index contributed by atoms with van der Waals surface area (Å²) >= 11 is 12.8. The zero-order valence-corrected chi connectivity index (χ0v) is 43.3. The van der Waals surface area contributed by atoms with E-state index in [0.717, 1.165) is 71.4 Å². The molecule has 0 saturated carbocycles. The number of aromatic amines is 1. The minimum absolute atomic E-state index is 0.0601. The largest absolute Gasteiger partial charge is 0.486 e. The Kier molecular flexibility index (Phi) is 15.9. The number of pyridine rings is 2. The summed E-state index contributed by atoms with van der Waals surface area (Å²) in [6, 6.07) is 15.7. The molecule has 6 aromatic rings. The van der Waals surface area contributed by atoms with Crippen molar-refractivity contribution >= 4 is 80.4 Å². The van der Waals surface area contributed by atoms with Crippen molar-refractivity contribution in [1.82, 2.24) is 50.0 Å². The molecular formula is C53H62Cl2N12O7. The first-order valence-electron chi connectivity index (χ1n) is 25.6. The number of H-pyrrole nitrogens is 1. The summed E-state index contributed by atoms with van der Waals surface area (Å²) in [7, 11) is 1.89. The Labute approximate surface area is 439 Å². The molecule has 19 nitrogen and oxygen atoms in total. The monoisotopic (exact) mass is 1050 g/mol. The molecule has 0 unspecified atom stereocenters. The predicted molar refractivity (Wildman–Crippen MR) is 282 cm³/mol. The second-order valence-electron chi connectivity index (χ2n) is 19.5. The number of piperidine rings is 2. The van der Waals surface area contributed by atoms with Gasteiger partial charge in [0, 0.05) is 112 Å². The number of anilines is 2. The van der Waals surface area contributed by atoms with E-state index in [4.69, 9.17) is 42.4 Å². The summed E-state index contributed by atoms with van der Waals surface area (Å²) in [5, 5.41) is 17.4. The quantitative estimate of drug-likeness (QED) is 0.0888. The normalized spacial score (nSPS) is 17.9. The van der Waals surface area contributed by atoms with Gasteiger partial charge in [0.15, 0.2) is 5.82 Å². The Balaban J connectivity index is 0.584. The molecule has 74 heavy (non-hydrogen) atoms. The lowest BCUT2D eigenvalue weighted by Crippen LogP contribution is -2.52. The molecule has 0 bridgehead atoms. The highest BCUT2D eigenvalue weighted by Gasteiger charge is 2.33. The van der Waals surface area contributed by atoms with Crippen molar-refractivity contribution in [1.29, 1.82) is 0 Å². The summed E-state index contributed by atoms with van der Waals surface area (Å²) < 4.78 is 19.7. The SMILES string of the molecule is C[C@@H](Oc1ccc2[nH]nc(-c3ccc(N4CCN(C(=O)C5CCN(C(=O)CCOCCOCCN6CCC(c7ccc8c(N9CCC(=O)NC9=O)nn(C)c8c7)CC6)CC5)CC4)nc3)c2c1)c1c(Cl)cncc1Cl. The zero-order valence-electron chi connectivity index (χ0n) is 41.8. The number of hydrogen-bond acceptors (Lipinski definition) is 13. The maximum Gasteiger partial charge on any atom is 0.329 e. The average Bonchev–Trinajstić information content (AvgIpc) is 3.99. The number of amides is 5. The molecule has 8 heterocycles. The molecule has 390 valence electrons. The summed E-state index contributed by atoms with van der Waals surface area (Å²) in [5.74, 6) is 2.39. The topological polar surface area (TPSA) is 196 Å². The van der Waals surface area contributed by atoms with E-state index in [2.05, 4.69) is 47.5 Å². The van der Waals surface area contributed by atoms with Crippen LogP contribution in [0.1, 0.15) is 68.6 Å². The van der Waals surface area contributed by atoms with Crippen LogP contribution >= 0.6 is 23.2 Å². The molecular weight excluding hydrogens is 988 g/mol. The molecule has 0 spiro atoms. The molecule has 4 saturated heterocycles. The number of halogens is 2. The molecule has 5 amide bonds. The fourth-order valence-corrected chi connectivity index (χ4v) is 11.3. The number of carbonyl (C=O) groups excluding carboxylic acids is 4. The van der Waals surface area contributed by atoms with E-state index < -0.39 is 12.1 Å². The Bertz CT molecular complexity index is 2960. The fourth-order valence-electron chi connectivity index (χ4n) is 10.7. The maximum absolute atomic E-state index is 13.6. The number of carbonyl (C=O) groups is 4. The van der Waals surface area contributed by atoms with Gasteiger partial charge in [-0.2, -0.15) is 10.2 Å². The standard InChI is InChI=1S/C53H62Cl2N12O7/c1-34(49-42(54)32-56-33-43(49)55)74-39-5-7-44-41(30-39)50(60-59-44)38-4-8-46(57-31-38)64-20-22-66(23-21-64)52(70)36-11-17-65(18-12-36)48(69)14-25-72-27-28-73-26-24-63-15-9-35(10-16-63)37-3-6-40-45(29-37)62(2)61-51(40)67-19-13-47(68)58-53(67)71/h3-8,29-36H,9-28H2,1-2H3,(H,59,60)(H,58,68,71)/t34-/m1/s1. The number of fused-ring (bicyclic) bond motifs is 2. The third kappa shape index (κ3) is 11.5. The van der Waals surface area contributed by atoms with Gasteiger partial charge in [0.2, 0.25) is 17.7 Å². The zero-order chi connectivity index (χ0) is 51.3. The molecule has 4 fully saturated rings. The lowest BCUT2D eigenvalue weighted by atomic mass is 9.89. The molecule has 21 heteroatoms. The second-order valence-corrected chi connectivity index (χ2v) is 20.3. The van der Waals surface area contributed by atoms with Crippen LogP contribution in [0.25, 0.3) is 33.1 Å². The Morgan fingerprint density at radius 3 is 2.28 bits per heavy atom. The summed E-state index contributed by atoms with van der Waals surface area (Å²) in [5.41, 5.74) is 5.40. The minimum atomic E-state index is -0.431. The van der Waals surface area contributed by atoms with Gasteiger partial charge in [0.25, 0.3) is 0 Å². The molecule has 0 aliphatic carbocycles. The summed E-state index contributed by atoms with van der Waals surface area (Å²) in [6.45, 7) is 10.6. The van der Waals surface area contributed by atoms with Crippen molar-refractivity contribution in [2.24, 2.45) is 13.0 Å². The molecule has 4 aliphatic heterocycles. The number of aromatic nitrogens is 6. The number of likely N-dealkylation sites (tertiary alicyclic amines) is 2. The highest BCUT2D eigenvalue weighted by atomic mass is 35.5. The highest BCUT2D eigenvalue weighted by molar-refractivity contribution is 6.35. The Morgan fingerprint density at radius 2 is 1.55 bits per heavy atom. The number of aryl methyl sites for hydroxylation is 1. The number of hydrogen-bond donors (Lipinski definition) is 2. The van der Waals surface area contributed by atoms with Crippen molar-refractivity contribution in [3.05, 3.63) is 88.3 Å². The van der Waals surface area contributed by atoms with Gasteiger partial charge in [-0.05, 0) is 99.6 Å². The number of urea groups is 1. The van der Waals surface area contributed by atoms with Crippen LogP contribution in [-0.2, 0) is 30.9 Å². The third-order valence-corrected chi connectivity index (χ3v) is 15.5. The first-order chi connectivity index (χ1) is 36.0. The van der Waals surface area contributed by atoms with Crippen molar-refractivity contribution in [2.75, 3.05) is 102 Å². The van der Waals surface area contributed by atoms with Crippen LogP contribution in [0.2, 0.25) is 10.0 Å². The Hall–Kier alpha value is -6.38. The molecule has 10 rings (SSSR count). The molecule has 2 N–H and O–H groups in total. The molecule has 4 aromatic heterocycles. The maximum atomic E-state index is 13.6. The smallest absolute Gasteiger partial charge is 0.329 e. The van der Waals surface area contributed by atoms with Crippen LogP contribution in [0.15, 0.2) is 67.1 Å². The van der Waals surface area contributed by atoms with E-state index in [1.54, 1.807) is 17.3 Å². The first-order valence-corrected chi connectivity index (χ1v) is 26.4. The predicted octanol–water partition coefficient (Wildman–Crippen LogP) is 6.99. The van der Waals surface area contributed by atoms with E-state index >= 15 is 0 Å². The van der Waals surface area contributed by atoms with Crippen molar-refractivity contribution in [3.8, 4) is 17.0 Å². The molecule has 4 aliphatic rings. The van der Waals surface area contributed by atoms with Gasteiger partial charge < -0.3 is 33.8 Å². The van der Waals surface area contributed by atoms with Gasteiger partial charge in [-0.25, -0.2) is 9.78 Å². The van der Waals surface area contributed by atoms with Crippen LogP contribution < -0.4 is 19.9 Å². The number of benzene rings is 2. The van der Waals surface area contributed by atoms with E-state index in [9.17, 15) is 19.2 Å². The number of nitrogens with one attached hydrogen (secondary N) is 2. The number of rotatable bonds is 17. The number of piperazine rings is 1. The highest BCUT2D eigenvalue weighted by Crippen LogP contribution is 2.37. The van der Waals surface area contributed by atoms with E-state index in [1.807, 2.05) is 71.0 Å². The summed E-state index contributed by atoms with van der Waals surface area (Å²) in [4.78, 5) is 69.6. The van der Waals surface area contributed by atoms with E-state index in [1.165, 1.54) is 5.56 Å². The van der Waals surface area contributed by atoms with Crippen LogP contribution in [0.5, 0.6) is 5.75 Å². The van der Waals surface area contributed by atoms with Gasteiger partial charge in [-0.3, -0.25) is 39.4 Å². The number of nitrogens with zero attached hydrogens (tertiary/aromatic N) is 10. The van der Waals surface area contributed by atoms with Crippen molar-refractivity contribution < 1.29 is 33.4 Å². The number of imide groups is 1. The minimum Gasteiger partial charge on any atom is -0.486 e. The summed E-state index contributed by atoms with van der Waals surface area (Å²) in [6.07, 6.45) is 8.51. The van der Waals surface area contributed by atoms with E-state index in [0.29, 0.717) is 125 Å². The lowest BCUT2D eigenvalue weighted by Gasteiger charge is -2.39. The van der Waals surface area contributed by atoms with Gasteiger partial charge in [0.1, 0.15) is 23.4 Å². The van der Waals surface area contributed by atoms with E-state index in [-0.39, 0.29) is 30.1 Å². The van der Waals surface area contributed by atoms with Crippen LogP contribution in [0, 0.1) is 5.92 Å². The molecule has 1 atom stereocenters. The molecule has 0 radical (unpaired) electrons. The fraction of sp³-hybridized carbons (Fsp3) is 0.472. The van der Waals surface area contributed by atoms with Crippen LogP contribution in [0.4, 0.5) is 16.4 Å². The Morgan fingerprint density at radius 1 is 0.797 bits per heavy atom. The van der Waals surface area contributed by atoms with Gasteiger partial charge in [-0.15, -0.1) is 0 Å². The van der Waals surface area contributed by atoms with Crippen molar-refractivity contribution in [3.63, 3.8) is 0 Å². The van der Waals surface area contributed by atoms with Crippen LogP contribution in [-0.4, -0.2) is 160 Å². The van der Waals surface area contributed by atoms with Gasteiger partial charge in [0.05, 0.1) is 53.9 Å². The van der Waals surface area contributed by atoms with Crippen LogP contribution in [0.3, 0.4) is 0 Å². The van der Waals surface area contributed by atoms with Gasteiger partial charge in [-0.1, -0.05) is 29.3 Å². The third-order valence-electron chi connectivity index (χ3n) is 14.9. The second kappa shape index (κ2) is 23.0. The molecule has 2 aromatic carbocycles. The van der Waals surface area contributed by atoms with Gasteiger partial charge >= 0.3 is 6.03 Å².